The number of hydrogen-bond donors (Lipinski definition) is 1. The first-order chi connectivity index (χ1) is 7.30. The molecule has 0 saturated carbocycles. The number of benzene rings is 1. The third-order valence-corrected chi connectivity index (χ3v) is 2.00. The van der Waals surface area contributed by atoms with E-state index in [-0.39, 0.29) is 18.4 Å². The highest BCUT2D eigenvalue weighted by molar-refractivity contribution is 5.50. The number of alkyl halides is 3. The van der Waals surface area contributed by atoms with E-state index in [2.05, 4.69) is 0 Å². The average molecular weight is 233 g/mol. The highest BCUT2D eigenvalue weighted by Crippen LogP contribution is 2.33. The topological polar surface area (TPSA) is 35.2 Å². The van der Waals surface area contributed by atoms with Gasteiger partial charge < -0.3 is 10.5 Å². The molecule has 0 aliphatic rings. The molecule has 0 radical (unpaired) electrons. The Morgan fingerprint density at radius 3 is 2.38 bits per heavy atom. The van der Waals surface area contributed by atoms with Gasteiger partial charge in [-0.1, -0.05) is 6.07 Å². The van der Waals surface area contributed by atoms with Gasteiger partial charge in [0.15, 0.2) is 0 Å². The molecule has 1 aromatic carbocycles. The Hall–Kier alpha value is -1.23. The lowest BCUT2D eigenvalue weighted by molar-refractivity contribution is -0.136. The number of hydrogen-bond acceptors (Lipinski definition) is 2. The molecule has 5 heteroatoms. The summed E-state index contributed by atoms with van der Waals surface area (Å²) < 4.78 is 42.4. The van der Waals surface area contributed by atoms with Crippen molar-refractivity contribution in [2.75, 3.05) is 5.73 Å². The van der Waals surface area contributed by atoms with Crippen LogP contribution in [0.2, 0.25) is 0 Å². The summed E-state index contributed by atoms with van der Waals surface area (Å²) in [6, 6.07) is 3.65. The fourth-order valence-corrected chi connectivity index (χ4v) is 1.22. The van der Waals surface area contributed by atoms with Gasteiger partial charge in [-0.05, 0) is 31.5 Å². The van der Waals surface area contributed by atoms with Crippen LogP contribution in [-0.2, 0) is 17.5 Å². The van der Waals surface area contributed by atoms with Crippen molar-refractivity contribution in [3.05, 3.63) is 29.3 Å². The second-order valence-corrected chi connectivity index (χ2v) is 3.78. The molecule has 0 aliphatic heterocycles. The molecule has 0 bridgehead atoms. The zero-order chi connectivity index (χ0) is 12.3. The third-order valence-electron chi connectivity index (χ3n) is 2.00. The van der Waals surface area contributed by atoms with Gasteiger partial charge in [-0.25, -0.2) is 0 Å². The summed E-state index contributed by atoms with van der Waals surface area (Å²) in [7, 11) is 0. The third kappa shape index (κ3) is 3.41. The van der Waals surface area contributed by atoms with Crippen molar-refractivity contribution >= 4 is 5.69 Å². The Labute approximate surface area is 92.2 Å². The zero-order valence-electron chi connectivity index (χ0n) is 9.14. The number of anilines is 1. The maximum atomic E-state index is 12.4. The Bertz CT molecular complexity index is 361. The molecule has 0 unspecified atom stereocenters. The molecule has 1 rings (SSSR count). The van der Waals surface area contributed by atoms with Gasteiger partial charge in [-0.3, -0.25) is 0 Å². The molecule has 2 N–H and O–H groups in total. The zero-order valence-corrected chi connectivity index (χ0v) is 9.14. The molecular formula is C11H14F3NO. The maximum Gasteiger partial charge on any atom is 0.418 e. The maximum absolute atomic E-state index is 12.4. The van der Waals surface area contributed by atoms with Crippen LogP contribution in [0.5, 0.6) is 0 Å². The fourth-order valence-electron chi connectivity index (χ4n) is 1.22. The lowest BCUT2D eigenvalue weighted by atomic mass is 10.1. The van der Waals surface area contributed by atoms with Crippen molar-refractivity contribution < 1.29 is 17.9 Å². The lowest BCUT2D eigenvalue weighted by Crippen LogP contribution is -2.10. The van der Waals surface area contributed by atoms with E-state index >= 15 is 0 Å². The quantitative estimate of drug-likeness (QED) is 0.813. The summed E-state index contributed by atoms with van der Waals surface area (Å²) in [6.07, 6.45) is -4.37. The molecule has 0 atom stereocenters. The van der Waals surface area contributed by atoms with Crippen LogP contribution >= 0.6 is 0 Å². The van der Waals surface area contributed by atoms with Gasteiger partial charge in [0.2, 0.25) is 0 Å². The molecule has 0 spiro atoms. The number of ether oxygens (including phenoxy) is 1. The standard InChI is InChI=1S/C11H14F3NO/c1-7(2)16-6-8-3-4-9(10(15)5-8)11(12,13)14/h3-5,7H,6,15H2,1-2H3. The Kier molecular flexibility index (Phi) is 3.80. The van der Waals surface area contributed by atoms with Gasteiger partial charge in [0.05, 0.1) is 18.3 Å². The van der Waals surface area contributed by atoms with Crippen LogP contribution in [0, 0.1) is 0 Å². The first-order valence-electron chi connectivity index (χ1n) is 4.88. The number of halogens is 3. The molecule has 16 heavy (non-hydrogen) atoms. The van der Waals surface area contributed by atoms with Gasteiger partial charge in [0.25, 0.3) is 0 Å². The van der Waals surface area contributed by atoms with Crippen molar-refractivity contribution in [2.45, 2.75) is 32.7 Å². The molecular weight excluding hydrogens is 219 g/mol. The van der Waals surface area contributed by atoms with Crippen LogP contribution in [0.15, 0.2) is 18.2 Å². The summed E-state index contributed by atoms with van der Waals surface area (Å²) in [5.41, 5.74) is 4.91. The van der Waals surface area contributed by atoms with E-state index in [1.54, 1.807) is 0 Å². The van der Waals surface area contributed by atoms with E-state index < -0.39 is 11.7 Å². The molecule has 0 saturated heterocycles. The molecule has 0 aromatic heterocycles. The van der Waals surface area contributed by atoms with Gasteiger partial charge >= 0.3 is 6.18 Å². The van der Waals surface area contributed by atoms with Crippen molar-refractivity contribution in [2.24, 2.45) is 0 Å². The number of rotatable bonds is 3. The summed E-state index contributed by atoms with van der Waals surface area (Å²) in [4.78, 5) is 0. The summed E-state index contributed by atoms with van der Waals surface area (Å²) >= 11 is 0. The largest absolute Gasteiger partial charge is 0.418 e. The predicted molar refractivity (Wildman–Crippen MR) is 55.8 cm³/mol. The Balaban J connectivity index is 2.83. The minimum atomic E-state index is -4.40. The predicted octanol–water partition coefficient (Wildman–Crippen LogP) is 3.21. The molecule has 0 amide bonds. The van der Waals surface area contributed by atoms with Crippen LogP contribution in [0.1, 0.15) is 25.0 Å². The van der Waals surface area contributed by atoms with Crippen molar-refractivity contribution in [3.63, 3.8) is 0 Å². The first kappa shape index (κ1) is 12.8. The first-order valence-corrected chi connectivity index (χ1v) is 4.88. The van der Waals surface area contributed by atoms with Crippen LogP contribution < -0.4 is 5.73 Å². The molecule has 0 aliphatic carbocycles. The minimum absolute atomic E-state index is 0.0310. The van der Waals surface area contributed by atoms with Crippen LogP contribution in [0.4, 0.5) is 18.9 Å². The minimum Gasteiger partial charge on any atom is -0.398 e. The SMILES string of the molecule is CC(C)OCc1ccc(C(F)(F)F)c(N)c1. The molecule has 90 valence electrons. The summed E-state index contributed by atoms with van der Waals surface area (Å²) in [6.45, 7) is 3.97. The summed E-state index contributed by atoms with van der Waals surface area (Å²) in [5, 5.41) is 0. The van der Waals surface area contributed by atoms with E-state index in [9.17, 15) is 13.2 Å². The number of nitrogen functional groups attached to an aromatic ring is 1. The Morgan fingerprint density at radius 1 is 1.31 bits per heavy atom. The van der Waals surface area contributed by atoms with E-state index in [1.165, 1.54) is 12.1 Å². The van der Waals surface area contributed by atoms with Gasteiger partial charge in [0, 0.05) is 5.69 Å². The smallest absolute Gasteiger partial charge is 0.398 e. The Morgan fingerprint density at radius 2 is 1.94 bits per heavy atom. The number of nitrogens with two attached hydrogens (primary N) is 1. The van der Waals surface area contributed by atoms with E-state index in [0.29, 0.717) is 5.56 Å². The normalized spacial score (nSPS) is 12.1. The highest BCUT2D eigenvalue weighted by Gasteiger charge is 2.32. The van der Waals surface area contributed by atoms with Gasteiger partial charge in [-0.15, -0.1) is 0 Å². The molecule has 2 nitrogen and oxygen atoms in total. The van der Waals surface area contributed by atoms with Crippen molar-refractivity contribution in [3.8, 4) is 0 Å². The summed E-state index contributed by atoms with van der Waals surface area (Å²) in [5.74, 6) is 0. The van der Waals surface area contributed by atoms with E-state index in [4.69, 9.17) is 10.5 Å². The monoisotopic (exact) mass is 233 g/mol. The fraction of sp³-hybridized carbons (Fsp3) is 0.455. The van der Waals surface area contributed by atoms with Crippen LogP contribution in [-0.4, -0.2) is 6.10 Å². The van der Waals surface area contributed by atoms with E-state index in [0.717, 1.165) is 6.07 Å². The molecule has 0 fully saturated rings. The molecule has 0 heterocycles. The second-order valence-electron chi connectivity index (χ2n) is 3.78. The van der Waals surface area contributed by atoms with Crippen molar-refractivity contribution in [1.82, 2.24) is 0 Å². The second kappa shape index (κ2) is 4.74. The molecule has 1 aromatic rings. The average Bonchev–Trinajstić information content (AvgIpc) is 2.12. The lowest BCUT2D eigenvalue weighted by Gasteiger charge is -2.12. The van der Waals surface area contributed by atoms with Crippen LogP contribution in [0.25, 0.3) is 0 Å². The highest BCUT2D eigenvalue weighted by atomic mass is 19.4. The van der Waals surface area contributed by atoms with E-state index in [1.807, 2.05) is 13.8 Å². The van der Waals surface area contributed by atoms with Gasteiger partial charge in [0.1, 0.15) is 0 Å². The van der Waals surface area contributed by atoms with Crippen molar-refractivity contribution in [1.29, 1.82) is 0 Å². The van der Waals surface area contributed by atoms with Crippen LogP contribution in [0.3, 0.4) is 0 Å². The van der Waals surface area contributed by atoms with Gasteiger partial charge in [-0.2, -0.15) is 13.2 Å².